The molecule has 9 heteroatoms. The minimum atomic E-state index is -3.38. The third kappa shape index (κ3) is 3.79. The molecule has 0 saturated heterocycles. The highest BCUT2D eigenvalue weighted by atomic mass is 32.2. The van der Waals surface area contributed by atoms with Gasteiger partial charge in [-0.05, 0) is 35.9 Å². The molecule has 134 valence electrons. The molecule has 26 heavy (non-hydrogen) atoms. The van der Waals surface area contributed by atoms with E-state index in [9.17, 15) is 12.6 Å². The van der Waals surface area contributed by atoms with Crippen molar-refractivity contribution in [3.05, 3.63) is 54.9 Å². The maximum Gasteiger partial charge on any atom is 0.192 e. The van der Waals surface area contributed by atoms with Gasteiger partial charge in [0, 0.05) is 35.3 Å². The minimum absolute atomic E-state index is 0.0171. The van der Waals surface area contributed by atoms with Crippen LogP contribution in [0.1, 0.15) is 0 Å². The van der Waals surface area contributed by atoms with Crippen molar-refractivity contribution in [1.82, 2.24) is 9.97 Å². The first-order chi connectivity index (χ1) is 12.3. The molecule has 1 aromatic carbocycles. The molecule has 2 aromatic heterocycles. The molecule has 0 bridgehead atoms. The summed E-state index contributed by atoms with van der Waals surface area (Å²) in [6.07, 6.45) is 4.13. The first kappa shape index (κ1) is 18.2. The molecular formula is C17H15N3O4S2. The smallest absolute Gasteiger partial charge is 0.192 e. The van der Waals surface area contributed by atoms with Crippen LogP contribution in [-0.4, -0.2) is 33.4 Å². The normalized spacial score (nSPS) is 12.7. The lowest BCUT2D eigenvalue weighted by molar-refractivity contribution is 0.564. The molecule has 3 aromatic rings. The Bertz CT molecular complexity index is 1080. The number of sulfone groups is 1. The third-order valence-electron chi connectivity index (χ3n) is 3.74. The van der Waals surface area contributed by atoms with E-state index in [4.69, 9.17) is 10.3 Å². The summed E-state index contributed by atoms with van der Waals surface area (Å²) in [5.74, 6) is 0.288. The predicted octanol–water partition coefficient (Wildman–Crippen LogP) is 2.38. The summed E-state index contributed by atoms with van der Waals surface area (Å²) in [6.45, 7) is 0. The quantitative estimate of drug-likeness (QED) is 0.657. The van der Waals surface area contributed by atoms with Gasteiger partial charge in [0.25, 0.3) is 0 Å². The van der Waals surface area contributed by atoms with Gasteiger partial charge in [0.15, 0.2) is 25.9 Å². The fraction of sp³-hybridized carbons (Fsp3) is 0.0588. The largest absolute Gasteiger partial charge is 0.383 e. The number of hydrogen-bond acceptors (Lipinski definition) is 6. The van der Waals surface area contributed by atoms with Gasteiger partial charge in [0.1, 0.15) is 5.82 Å². The van der Waals surface area contributed by atoms with Crippen molar-refractivity contribution in [2.75, 3.05) is 12.0 Å². The molecule has 0 saturated carbocycles. The van der Waals surface area contributed by atoms with E-state index in [-0.39, 0.29) is 10.8 Å². The molecular weight excluding hydrogens is 374 g/mol. The van der Waals surface area contributed by atoms with Crippen LogP contribution >= 0.6 is 0 Å². The highest BCUT2D eigenvalue weighted by Gasteiger charge is 2.12. The van der Waals surface area contributed by atoms with Gasteiger partial charge in [0.05, 0.1) is 4.90 Å². The molecule has 0 aliphatic heterocycles. The highest BCUT2D eigenvalue weighted by Crippen LogP contribution is 2.30. The molecule has 0 aliphatic rings. The fourth-order valence-electron chi connectivity index (χ4n) is 2.39. The van der Waals surface area contributed by atoms with Crippen molar-refractivity contribution >= 4 is 26.7 Å². The topological polar surface area (TPSA) is 123 Å². The van der Waals surface area contributed by atoms with Crippen LogP contribution in [0.15, 0.2) is 64.8 Å². The monoisotopic (exact) mass is 389 g/mol. The van der Waals surface area contributed by atoms with E-state index in [1.807, 2.05) is 6.07 Å². The lowest BCUT2D eigenvalue weighted by Crippen LogP contribution is -2.01. The van der Waals surface area contributed by atoms with E-state index in [0.29, 0.717) is 16.0 Å². The van der Waals surface area contributed by atoms with Crippen molar-refractivity contribution in [3.63, 3.8) is 0 Å². The van der Waals surface area contributed by atoms with Crippen LogP contribution in [0.4, 0.5) is 5.82 Å². The van der Waals surface area contributed by atoms with E-state index >= 15 is 0 Å². The second kappa shape index (κ2) is 6.94. The third-order valence-corrected chi connectivity index (χ3v) is 5.41. The molecule has 0 fully saturated rings. The Kier molecular flexibility index (Phi) is 4.86. The maximum atomic E-state index is 11.5. The Morgan fingerprint density at radius 2 is 1.58 bits per heavy atom. The molecule has 0 radical (unpaired) electrons. The molecule has 1 unspecified atom stereocenters. The zero-order valence-corrected chi connectivity index (χ0v) is 15.3. The summed E-state index contributed by atoms with van der Waals surface area (Å²) in [7, 11) is -3.38. The number of nitrogens with zero attached hydrogens (tertiary/aromatic N) is 2. The second-order valence-electron chi connectivity index (χ2n) is 5.59. The van der Waals surface area contributed by atoms with Crippen LogP contribution in [0.2, 0.25) is 0 Å². The Morgan fingerprint density at radius 3 is 2.12 bits per heavy atom. The first-order valence-corrected chi connectivity index (χ1v) is 10.4. The fourth-order valence-corrected chi connectivity index (χ4v) is 3.32. The van der Waals surface area contributed by atoms with Crippen molar-refractivity contribution in [2.45, 2.75) is 9.92 Å². The standard InChI is InChI=1S/C17H15N3O4S2/c1-26(23,24)16-7-4-12(9-19-16)15-8-13(10-20-17(15)18)11-2-5-14(6-3-11)25(21)22/h2-10H,1H3,(H2,18,20)(H,21,22). The molecule has 1 atom stereocenters. The van der Waals surface area contributed by atoms with Gasteiger partial charge in [-0.2, -0.15) is 0 Å². The van der Waals surface area contributed by atoms with Crippen molar-refractivity contribution < 1.29 is 17.2 Å². The van der Waals surface area contributed by atoms with E-state index in [0.717, 1.165) is 17.4 Å². The summed E-state index contributed by atoms with van der Waals surface area (Å²) in [4.78, 5) is 8.45. The highest BCUT2D eigenvalue weighted by molar-refractivity contribution is 7.90. The van der Waals surface area contributed by atoms with Crippen LogP contribution in [0.25, 0.3) is 22.3 Å². The zero-order valence-electron chi connectivity index (χ0n) is 13.7. The van der Waals surface area contributed by atoms with Crippen molar-refractivity contribution in [3.8, 4) is 22.3 Å². The van der Waals surface area contributed by atoms with Gasteiger partial charge < -0.3 is 10.3 Å². The van der Waals surface area contributed by atoms with E-state index in [1.54, 1.807) is 36.5 Å². The summed E-state index contributed by atoms with van der Waals surface area (Å²) in [5.41, 5.74) is 8.77. The molecule has 7 nitrogen and oxygen atoms in total. The van der Waals surface area contributed by atoms with Gasteiger partial charge in [-0.25, -0.2) is 22.6 Å². The molecule has 2 heterocycles. The second-order valence-corrected chi connectivity index (χ2v) is 8.52. The number of nitrogens with two attached hydrogens (primary N) is 1. The average molecular weight is 389 g/mol. The number of aromatic nitrogens is 2. The number of hydrogen-bond donors (Lipinski definition) is 2. The lowest BCUT2D eigenvalue weighted by Gasteiger charge is -2.09. The van der Waals surface area contributed by atoms with E-state index in [1.165, 1.54) is 12.3 Å². The van der Waals surface area contributed by atoms with Crippen LogP contribution in [-0.2, 0) is 20.9 Å². The Labute approximate surface area is 153 Å². The van der Waals surface area contributed by atoms with E-state index in [2.05, 4.69) is 9.97 Å². The van der Waals surface area contributed by atoms with Crippen molar-refractivity contribution in [1.29, 1.82) is 0 Å². The zero-order chi connectivity index (χ0) is 18.9. The van der Waals surface area contributed by atoms with E-state index < -0.39 is 20.9 Å². The van der Waals surface area contributed by atoms with Gasteiger partial charge in [-0.1, -0.05) is 12.1 Å². The Morgan fingerprint density at radius 1 is 0.962 bits per heavy atom. The van der Waals surface area contributed by atoms with Crippen LogP contribution in [0.5, 0.6) is 0 Å². The first-order valence-electron chi connectivity index (χ1n) is 7.39. The van der Waals surface area contributed by atoms with Gasteiger partial charge in [-0.3, -0.25) is 0 Å². The minimum Gasteiger partial charge on any atom is -0.383 e. The Balaban J connectivity index is 2.01. The van der Waals surface area contributed by atoms with Gasteiger partial charge >= 0.3 is 0 Å². The number of anilines is 1. The number of rotatable bonds is 4. The summed E-state index contributed by atoms with van der Waals surface area (Å²) in [6, 6.07) is 11.4. The molecule has 3 N–H and O–H groups in total. The lowest BCUT2D eigenvalue weighted by atomic mass is 10.0. The SMILES string of the molecule is CS(=O)(=O)c1ccc(-c2cc(-c3ccc(S(=O)O)cc3)cnc2N)cn1. The maximum absolute atomic E-state index is 11.5. The van der Waals surface area contributed by atoms with Crippen LogP contribution < -0.4 is 5.73 Å². The molecule has 0 spiro atoms. The number of benzene rings is 1. The predicted molar refractivity (Wildman–Crippen MR) is 99.5 cm³/mol. The summed E-state index contributed by atoms with van der Waals surface area (Å²) in [5, 5.41) is -0.0171. The average Bonchev–Trinajstić information content (AvgIpc) is 2.61. The van der Waals surface area contributed by atoms with Crippen LogP contribution in [0, 0.1) is 0 Å². The number of pyridine rings is 2. The Hall–Kier alpha value is -2.62. The summed E-state index contributed by atoms with van der Waals surface area (Å²) >= 11 is -2.03. The molecule has 0 aliphatic carbocycles. The summed E-state index contributed by atoms with van der Waals surface area (Å²) < 4.78 is 43.2. The molecule has 0 amide bonds. The van der Waals surface area contributed by atoms with Gasteiger partial charge in [0.2, 0.25) is 0 Å². The number of nitrogen functional groups attached to an aromatic ring is 1. The molecule has 3 rings (SSSR count). The van der Waals surface area contributed by atoms with Crippen molar-refractivity contribution in [2.24, 2.45) is 0 Å². The van der Waals surface area contributed by atoms with Crippen LogP contribution in [0.3, 0.4) is 0 Å². The van der Waals surface area contributed by atoms with Gasteiger partial charge in [-0.15, -0.1) is 0 Å².